The van der Waals surface area contributed by atoms with Crippen LogP contribution in [0.15, 0.2) is 22.8 Å². The molecule has 1 N–H and O–H groups in total. The molecule has 16 heavy (non-hydrogen) atoms. The van der Waals surface area contributed by atoms with Gasteiger partial charge in [-0.3, -0.25) is 4.90 Å². The van der Waals surface area contributed by atoms with Gasteiger partial charge in [0, 0.05) is 13.1 Å². The van der Waals surface area contributed by atoms with E-state index in [2.05, 4.69) is 4.90 Å². The number of hydrogen-bond acceptors (Lipinski definition) is 4. The first-order valence-electron chi connectivity index (χ1n) is 5.30. The van der Waals surface area contributed by atoms with Crippen molar-refractivity contribution in [3.63, 3.8) is 0 Å². The van der Waals surface area contributed by atoms with E-state index in [-0.39, 0.29) is 6.04 Å². The highest BCUT2D eigenvalue weighted by Gasteiger charge is 2.29. The van der Waals surface area contributed by atoms with E-state index in [0.29, 0.717) is 13.2 Å². The number of rotatable bonds is 3. The molecule has 0 saturated carbocycles. The zero-order valence-electron chi connectivity index (χ0n) is 9.13. The Bertz CT molecular complexity index is 349. The molecule has 0 spiro atoms. The predicted molar refractivity (Wildman–Crippen MR) is 56.1 cm³/mol. The van der Waals surface area contributed by atoms with Crippen molar-refractivity contribution in [2.24, 2.45) is 0 Å². The number of carboxylic acid groups (broad SMARTS) is 1. The van der Waals surface area contributed by atoms with Crippen molar-refractivity contribution in [3.05, 3.63) is 24.2 Å². The molecule has 0 radical (unpaired) electrons. The van der Waals surface area contributed by atoms with Crippen LogP contribution in [0.25, 0.3) is 0 Å². The maximum atomic E-state index is 10.8. The van der Waals surface area contributed by atoms with Gasteiger partial charge in [0.15, 0.2) is 6.10 Å². The molecule has 0 aliphatic carbocycles. The number of carbonyl (C=O) groups is 1. The summed E-state index contributed by atoms with van der Waals surface area (Å²) in [5.41, 5.74) is 0. The van der Waals surface area contributed by atoms with E-state index in [1.807, 2.05) is 19.1 Å². The molecule has 0 bridgehead atoms. The summed E-state index contributed by atoms with van der Waals surface area (Å²) in [7, 11) is 0. The average Bonchev–Trinajstić information content (AvgIpc) is 2.81. The topological polar surface area (TPSA) is 62.9 Å². The Morgan fingerprint density at radius 2 is 2.50 bits per heavy atom. The van der Waals surface area contributed by atoms with Crippen molar-refractivity contribution in [2.45, 2.75) is 19.1 Å². The van der Waals surface area contributed by atoms with Crippen molar-refractivity contribution in [2.75, 3.05) is 19.7 Å². The maximum absolute atomic E-state index is 10.8. The van der Waals surface area contributed by atoms with Crippen LogP contribution in [-0.4, -0.2) is 41.8 Å². The molecule has 2 unspecified atom stereocenters. The van der Waals surface area contributed by atoms with Crippen LogP contribution in [-0.2, 0) is 9.53 Å². The van der Waals surface area contributed by atoms with Crippen molar-refractivity contribution < 1.29 is 19.1 Å². The lowest BCUT2D eigenvalue weighted by Crippen LogP contribution is -2.46. The monoisotopic (exact) mass is 225 g/mol. The number of furan rings is 1. The van der Waals surface area contributed by atoms with Crippen molar-refractivity contribution in [3.8, 4) is 0 Å². The summed E-state index contributed by atoms with van der Waals surface area (Å²) in [5, 5.41) is 8.89. The van der Waals surface area contributed by atoms with Crippen molar-refractivity contribution >= 4 is 5.97 Å². The van der Waals surface area contributed by atoms with E-state index in [0.717, 1.165) is 12.3 Å². The smallest absolute Gasteiger partial charge is 0.334 e. The molecule has 1 aliphatic rings. The van der Waals surface area contributed by atoms with Crippen LogP contribution >= 0.6 is 0 Å². The van der Waals surface area contributed by atoms with Crippen LogP contribution < -0.4 is 0 Å². The Balaban J connectivity index is 2.01. The predicted octanol–water partition coefficient (Wildman–Crippen LogP) is 1.13. The van der Waals surface area contributed by atoms with Gasteiger partial charge in [0.2, 0.25) is 0 Å². The first kappa shape index (κ1) is 11.2. The van der Waals surface area contributed by atoms with E-state index in [1.165, 1.54) is 0 Å². The fourth-order valence-electron chi connectivity index (χ4n) is 1.88. The van der Waals surface area contributed by atoms with Gasteiger partial charge < -0.3 is 14.3 Å². The Morgan fingerprint density at radius 3 is 3.12 bits per heavy atom. The highest BCUT2D eigenvalue weighted by molar-refractivity contribution is 5.72. The molecule has 2 rings (SSSR count). The van der Waals surface area contributed by atoms with Gasteiger partial charge in [-0.2, -0.15) is 0 Å². The number of morpholine rings is 1. The first-order chi connectivity index (χ1) is 7.68. The number of carboxylic acids is 1. The molecule has 0 amide bonds. The molecule has 2 atom stereocenters. The summed E-state index contributed by atoms with van der Waals surface area (Å²) < 4.78 is 10.5. The molecule has 0 aromatic carbocycles. The molecule has 1 fully saturated rings. The summed E-state index contributed by atoms with van der Waals surface area (Å²) in [6, 6.07) is 3.82. The molecule has 5 heteroatoms. The lowest BCUT2D eigenvalue weighted by atomic mass is 10.1. The molecule has 5 nitrogen and oxygen atoms in total. The molecule has 88 valence electrons. The third-order valence-corrected chi connectivity index (χ3v) is 2.88. The van der Waals surface area contributed by atoms with Crippen LogP contribution in [0.1, 0.15) is 18.7 Å². The van der Waals surface area contributed by atoms with Crippen molar-refractivity contribution in [1.29, 1.82) is 0 Å². The summed E-state index contributed by atoms with van der Waals surface area (Å²) in [4.78, 5) is 12.9. The highest BCUT2D eigenvalue weighted by Crippen LogP contribution is 2.22. The molecule has 1 aliphatic heterocycles. The lowest BCUT2D eigenvalue weighted by Gasteiger charge is -2.34. The van der Waals surface area contributed by atoms with Crippen molar-refractivity contribution in [1.82, 2.24) is 4.90 Å². The van der Waals surface area contributed by atoms with E-state index >= 15 is 0 Å². The normalized spacial score (nSPS) is 24.2. The molecule has 1 aromatic rings. The van der Waals surface area contributed by atoms with Crippen LogP contribution in [0.2, 0.25) is 0 Å². The summed E-state index contributed by atoms with van der Waals surface area (Å²) in [5.74, 6) is -0.0533. The van der Waals surface area contributed by atoms with Gasteiger partial charge in [-0.1, -0.05) is 0 Å². The minimum atomic E-state index is -0.906. The van der Waals surface area contributed by atoms with Crippen LogP contribution in [0.3, 0.4) is 0 Å². The number of ether oxygens (including phenoxy) is 1. The van der Waals surface area contributed by atoms with E-state index < -0.39 is 12.1 Å². The molecule has 1 saturated heterocycles. The van der Waals surface area contributed by atoms with E-state index in [9.17, 15) is 4.79 Å². The Kier molecular flexibility index (Phi) is 3.26. The maximum Gasteiger partial charge on any atom is 0.334 e. The minimum Gasteiger partial charge on any atom is -0.479 e. The largest absolute Gasteiger partial charge is 0.479 e. The van der Waals surface area contributed by atoms with Gasteiger partial charge in [-0.25, -0.2) is 4.79 Å². The van der Waals surface area contributed by atoms with E-state index in [4.69, 9.17) is 14.3 Å². The standard InChI is InChI=1S/C11H15NO4/c1-8(9-3-2-5-15-9)12-4-6-16-10(7-12)11(13)14/h2-3,5,8,10H,4,6-7H2,1H3,(H,13,14). The van der Waals surface area contributed by atoms with Gasteiger partial charge in [0.05, 0.1) is 18.9 Å². The van der Waals surface area contributed by atoms with Crippen LogP contribution in [0.5, 0.6) is 0 Å². The second-order valence-electron chi connectivity index (χ2n) is 3.88. The van der Waals surface area contributed by atoms with Gasteiger partial charge in [-0.15, -0.1) is 0 Å². The Labute approximate surface area is 93.6 Å². The quantitative estimate of drug-likeness (QED) is 0.835. The third kappa shape index (κ3) is 2.25. The number of aliphatic carboxylic acids is 1. The van der Waals surface area contributed by atoms with Gasteiger partial charge in [0.1, 0.15) is 5.76 Å². The molecule has 2 heterocycles. The summed E-state index contributed by atoms with van der Waals surface area (Å²) in [6.07, 6.45) is 0.896. The second-order valence-corrected chi connectivity index (χ2v) is 3.88. The highest BCUT2D eigenvalue weighted by atomic mass is 16.5. The fraction of sp³-hybridized carbons (Fsp3) is 0.545. The lowest BCUT2D eigenvalue weighted by molar-refractivity contribution is -0.157. The third-order valence-electron chi connectivity index (χ3n) is 2.88. The van der Waals surface area contributed by atoms with Crippen LogP contribution in [0, 0.1) is 0 Å². The number of hydrogen-bond donors (Lipinski definition) is 1. The van der Waals surface area contributed by atoms with Gasteiger partial charge in [0.25, 0.3) is 0 Å². The summed E-state index contributed by atoms with van der Waals surface area (Å²) in [6.45, 7) is 3.58. The first-order valence-corrected chi connectivity index (χ1v) is 5.30. The van der Waals surface area contributed by atoms with E-state index in [1.54, 1.807) is 6.26 Å². The SMILES string of the molecule is CC(c1ccco1)N1CCOC(C(=O)O)C1. The number of nitrogens with zero attached hydrogens (tertiary/aromatic N) is 1. The fourth-order valence-corrected chi connectivity index (χ4v) is 1.88. The zero-order valence-corrected chi connectivity index (χ0v) is 9.13. The molecular formula is C11H15NO4. The Hall–Kier alpha value is -1.33. The zero-order chi connectivity index (χ0) is 11.5. The average molecular weight is 225 g/mol. The minimum absolute atomic E-state index is 0.0840. The summed E-state index contributed by atoms with van der Waals surface area (Å²) >= 11 is 0. The van der Waals surface area contributed by atoms with Gasteiger partial charge in [-0.05, 0) is 19.1 Å². The Morgan fingerprint density at radius 1 is 1.69 bits per heavy atom. The molecule has 1 aromatic heterocycles. The molecular weight excluding hydrogens is 210 g/mol. The van der Waals surface area contributed by atoms with Crippen LogP contribution in [0.4, 0.5) is 0 Å². The van der Waals surface area contributed by atoms with Gasteiger partial charge >= 0.3 is 5.97 Å². The second kappa shape index (κ2) is 4.67.